The van der Waals surface area contributed by atoms with E-state index in [1.807, 2.05) is 17.5 Å². The van der Waals surface area contributed by atoms with Crippen molar-refractivity contribution < 1.29 is 14.4 Å². The first-order valence-electron chi connectivity index (χ1n) is 9.29. The minimum atomic E-state index is -0.603. The fourth-order valence-corrected chi connectivity index (χ4v) is 4.39. The Balaban J connectivity index is 1.49. The molecule has 140 valence electrons. The number of thiophene rings is 1. The van der Waals surface area contributed by atoms with Crippen molar-refractivity contribution >= 4 is 34.9 Å². The smallest absolute Gasteiger partial charge is 0.349 e. The van der Waals surface area contributed by atoms with Crippen LogP contribution in [0.15, 0.2) is 46.3 Å². The Hall–Kier alpha value is -2.54. The Morgan fingerprint density at radius 3 is 2.81 bits per heavy atom. The molecular weight excluding hydrogens is 362 g/mol. The standard InChI is InChI=1S/C20H21N3O3S/c24-18(21-14-5-2-1-3-6-14)13-8-9-16-17(11-13)22-20(26)23(19(16)25)12-15-7-4-10-27-15/h4,7-11,14,16H,1-3,5-6,12H2,(H,21,24). The lowest BCUT2D eigenvalue weighted by molar-refractivity contribution is -0.130. The molecule has 3 aliphatic rings. The number of carbonyl (C=O) groups is 3. The van der Waals surface area contributed by atoms with Crippen LogP contribution in [0.2, 0.25) is 0 Å². The molecule has 1 aliphatic heterocycles. The van der Waals surface area contributed by atoms with E-state index in [-0.39, 0.29) is 24.4 Å². The van der Waals surface area contributed by atoms with Crippen molar-refractivity contribution in [3.8, 4) is 0 Å². The van der Waals surface area contributed by atoms with Gasteiger partial charge in [0.1, 0.15) is 0 Å². The SMILES string of the molecule is O=C(NC1CCCCC1)C1=CC2=NC(=O)N(Cc3cccs3)C(=O)C2C=C1. The summed E-state index contributed by atoms with van der Waals surface area (Å²) in [5, 5.41) is 4.96. The Bertz CT molecular complexity index is 848. The van der Waals surface area contributed by atoms with Gasteiger partial charge in [-0.15, -0.1) is 11.3 Å². The number of carbonyl (C=O) groups excluding carboxylic acids is 3. The quantitative estimate of drug-likeness (QED) is 0.867. The number of nitrogens with one attached hydrogen (secondary N) is 1. The van der Waals surface area contributed by atoms with Gasteiger partial charge in [-0.25, -0.2) is 4.79 Å². The molecule has 0 radical (unpaired) electrons. The average molecular weight is 383 g/mol. The van der Waals surface area contributed by atoms with Gasteiger partial charge < -0.3 is 5.32 Å². The number of amides is 4. The Morgan fingerprint density at radius 2 is 2.07 bits per heavy atom. The lowest BCUT2D eigenvalue weighted by Crippen LogP contribution is -2.46. The zero-order chi connectivity index (χ0) is 18.8. The first-order valence-corrected chi connectivity index (χ1v) is 10.2. The monoisotopic (exact) mass is 383 g/mol. The summed E-state index contributed by atoms with van der Waals surface area (Å²) in [5.74, 6) is -1.06. The van der Waals surface area contributed by atoms with Gasteiger partial charge in [-0.05, 0) is 30.4 Å². The summed E-state index contributed by atoms with van der Waals surface area (Å²) in [6.45, 7) is 0.231. The van der Waals surface area contributed by atoms with Gasteiger partial charge in [0.15, 0.2) is 0 Å². The van der Waals surface area contributed by atoms with Crippen LogP contribution in [-0.4, -0.2) is 34.5 Å². The highest BCUT2D eigenvalue weighted by Crippen LogP contribution is 2.25. The molecule has 1 fully saturated rings. The maximum absolute atomic E-state index is 12.7. The fraction of sp³-hybridized carbons (Fsp3) is 0.400. The second-order valence-corrected chi connectivity index (χ2v) is 8.10. The van der Waals surface area contributed by atoms with Crippen LogP contribution < -0.4 is 5.32 Å². The minimum absolute atomic E-state index is 0.166. The molecule has 7 heteroatoms. The first kappa shape index (κ1) is 17.9. The molecule has 4 amide bonds. The van der Waals surface area contributed by atoms with Gasteiger partial charge >= 0.3 is 6.03 Å². The number of aliphatic imine (C=N–C) groups is 1. The van der Waals surface area contributed by atoms with Crippen LogP contribution in [0, 0.1) is 5.92 Å². The number of urea groups is 1. The summed E-state index contributed by atoms with van der Waals surface area (Å²) in [6, 6.07) is 3.40. The van der Waals surface area contributed by atoms with E-state index in [2.05, 4.69) is 10.3 Å². The van der Waals surface area contributed by atoms with Gasteiger partial charge in [0.25, 0.3) is 5.91 Å². The van der Waals surface area contributed by atoms with Gasteiger partial charge in [-0.1, -0.05) is 37.5 Å². The number of fused-ring (bicyclic) bond motifs is 1. The second kappa shape index (κ2) is 7.60. The number of imide groups is 1. The highest BCUT2D eigenvalue weighted by atomic mass is 32.1. The average Bonchev–Trinajstić information content (AvgIpc) is 3.19. The Kier molecular flexibility index (Phi) is 5.03. The van der Waals surface area contributed by atoms with E-state index in [1.54, 1.807) is 18.2 Å². The molecule has 0 spiro atoms. The van der Waals surface area contributed by atoms with Crippen LogP contribution >= 0.6 is 11.3 Å². The van der Waals surface area contributed by atoms with E-state index in [0.29, 0.717) is 11.3 Å². The normalized spacial score (nSPS) is 23.0. The van der Waals surface area contributed by atoms with Gasteiger partial charge in [0.05, 0.1) is 18.2 Å². The van der Waals surface area contributed by atoms with Crippen LogP contribution in [0.3, 0.4) is 0 Å². The maximum Gasteiger partial charge on any atom is 0.350 e. The minimum Gasteiger partial charge on any atom is -0.349 e. The Morgan fingerprint density at radius 1 is 1.26 bits per heavy atom. The summed E-state index contributed by atoms with van der Waals surface area (Å²) in [7, 11) is 0. The highest BCUT2D eigenvalue weighted by molar-refractivity contribution is 7.09. The van der Waals surface area contributed by atoms with Crippen molar-refractivity contribution in [1.29, 1.82) is 0 Å². The largest absolute Gasteiger partial charge is 0.350 e. The van der Waals surface area contributed by atoms with Crippen molar-refractivity contribution in [2.24, 2.45) is 10.9 Å². The molecular formula is C20H21N3O3S. The molecule has 2 aliphatic carbocycles. The van der Waals surface area contributed by atoms with Crippen molar-refractivity contribution in [3.63, 3.8) is 0 Å². The van der Waals surface area contributed by atoms with E-state index in [0.717, 1.165) is 30.6 Å². The van der Waals surface area contributed by atoms with Crippen molar-refractivity contribution in [2.45, 2.75) is 44.7 Å². The van der Waals surface area contributed by atoms with Crippen molar-refractivity contribution in [3.05, 3.63) is 46.2 Å². The van der Waals surface area contributed by atoms with Gasteiger partial charge in [-0.3, -0.25) is 14.5 Å². The zero-order valence-electron chi connectivity index (χ0n) is 14.9. The molecule has 6 nitrogen and oxygen atoms in total. The van der Waals surface area contributed by atoms with Crippen LogP contribution in [0.25, 0.3) is 0 Å². The second-order valence-electron chi connectivity index (χ2n) is 7.07. The van der Waals surface area contributed by atoms with Crippen molar-refractivity contribution in [1.82, 2.24) is 10.2 Å². The first-order chi connectivity index (χ1) is 13.1. The van der Waals surface area contributed by atoms with Crippen molar-refractivity contribution in [2.75, 3.05) is 0 Å². The molecule has 27 heavy (non-hydrogen) atoms. The van der Waals surface area contributed by atoms with Crippen LogP contribution in [0.1, 0.15) is 37.0 Å². The van der Waals surface area contributed by atoms with E-state index in [1.165, 1.54) is 22.7 Å². The predicted molar refractivity (Wildman–Crippen MR) is 103 cm³/mol. The molecule has 1 aromatic rings. The van der Waals surface area contributed by atoms with E-state index in [4.69, 9.17) is 0 Å². The van der Waals surface area contributed by atoms with Gasteiger partial charge in [0, 0.05) is 16.5 Å². The van der Waals surface area contributed by atoms with Crippen LogP contribution in [0.5, 0.6) is 0 Å². The number of allylic oxidation sites excluding steroid dienone is 1. The lowest BCUT2D eigenvalue weighted by Gasteiger charge is -2.29. The summed E-state index contributed by atoms with van der Waals surface area (Å²) in [5.41, 5.74) is 0.798. The third-order valence-corrected chi connectivity index (χ3v) is 6.04. The molecule has 0 saturated heterocycles. The highest BCUT2D eigenvalue weighted by Gasteiger charge is 2.37. The van der Waals surface area contributed by atoms with Crippen LogP contribution in [-0.2, 0) is 16.1 Å². The van der Waals surface area contributed by atoms with Gasteiger partial charge in [-0.2, -0.15) is 4.99 Å². The third kappa shape index (κ3) is 3.78. The van der Waals surface area contributed by atoms with Gasteiger partial charge in [0.2, 0.25) is 5.91 Å². The number of hydrogen-bond donors (Lipinski definition) is 1. The molecule has 1 atom stereocenters. The van der Waals surface area contributed by atoms with E-state index in [9.17, 15) is 14.4 Å². The van der Waals surface area contributed by atoms with E-state index >= 15 is 0 Å². The fourth-order valence-electron chi connectivity index (χ4n) is 3.70. The van der Waals surface area contributed by atoms with E-state index < -0.39 is 11.9 Å². The molecule has 1 N–H and O–H groups in total. The van der Waals surface area contributed by atoms with Crippen LogP contribution in [0.4, 0.5) is 4.79 Å². The lowest BCUT2D eigenvalue weighted by atomic mass is 9.91. The number of rotatable bonds is 4. The summed E-state index contributed by atoms with van der Waals surface area (Å²) >= 11 is 1.49. The third-order valence-electron chi connectivity index (χ3n) is 5.17. The maximum atomic E-state index is 12.7. The molecule has 0 aromatic carbocycles. The Labute approximate surface area is 161 Å². The molecule has 1 saturated carbocycles. The molecule has 1 aromatic heterocycles. The number of nitrogens with zero attached hydrogens (tertiary/aromatic N) is 2. The molecule has 0 bridgehead atoms. The zero-order valence-corrected chi connectivity index (χ0v) is 15.7. The molecule has 2 heterocycles. The summed E-state index contributed by atoms with van der Waals surface area (Å²) in [4.78, 5) is 43.8. The molecule has 1 unspecified atom stereocenters. The summed E-state index contributed by atoms with van der Waals surface area (Å²) in [6.07, 6.45) is 10.4. The summed E-state index contributed by atoms with van der Waals surface area (Å²) < 4.78 is 0. The topological polar surface area (TPSA) is 78.8 Å². The number of hydrogen-bond acceptors (Lipinski definition) is 4. The predicted octanol–water partition coefficient (Wildman–Crippen LogP) is 3.21. The molecule has 4 rings (SSSR count).